The molecular weight excluding hydrogens is 402 g/mol. The number of rotatable bonds is 15. The lowest BCUT2D eigenvalue weighted by Crippen LogP contribution is -2.57. The van der Waals surface area contributed by atoms with E-state index in [2.05, 4.69) is 16.0 Å². The van der Waals surface area contributed by atoms with Crippen LogP contribution >= 0.6 is 0 Å². The fourth-order valence-corrected chi connectivity index (χ4v) is 2.96. The molecule has 0 bridgehead atoms. The second kappa shape index (κ2) is 14.7. The molecule has 0 spiro atoms. The molecule has 3 amide bonds. The highest BCUT2D eigenvalue weighted by Crippen LogP contribution is 2.11. The molecule has 0 fully saturated rings. The van der Waals surface area contributed by atoms with Crippen LogP contribution in [0, 0.1) is 11.8 Å². The van der Waals surface area contributed by atoms with Gasteiger partial charge < -0.3 is 32.5 Å². The molecule has 5 atom stereocenters. The van der Waals surface area contributed by atoms with Crippen molar-refractivity contribution in [2.75, 3.05) is 6.54 Å². The standard InChI is InChI=1S/C21H41N5O5/c1-6-13(4)17(21(30)31)26-20(29)16(11-12(2)3)25-18(27)14(5)24-19(28)15(23)9-7-8-10-22/h12-17H,6-11,22-23H2,1-5H3,(H,24,28)(H,25,27)(H,26,29)(H,30,31). The van der Waals surface area contributed by atoms with E-state index >= 15 is 0 Å². The minimum absolute atomic E-state index is 0.0730. The van der Waals surface area contributed by atoms with Crippen LogP contribution in [0.15, 0.2) is 0 Å². The first-order chi connectivity index (χ1) is 14.4. The number of carbonyl (C=O) groups excluding carboxylic acids is 3. The fraction of sp³-hybridized carbons (Fsp3) is 0.810. The highest BCUT2D eigenvalue weighted by molar-refractivity contribution is 5.93. The van der Waals surface area contributed by atoms with Gasteiger partial charge in [0.25, 0.3) is 0 Å². The molecule has 5 unspecified atom stereocenters. The van der Waals surface area contributed by atoms with Crippen LogP contribution < -0.4 is 27.4 Å². The van der Waals surface area contributed by atoms with Crippen molar-refractivity contribution in [3.05, 3.63) is 0 Å². The zero-order valence-corrected chi connectivity index (χ0v) is 19.4. The number of amides is 3. The number of hydrogen-bond acceptors (Lipinski definition) is 6. The molecule has 0 radical (unpaired) electrons. The molecule has 0 aliphatic carbocycles. The molecule has 0 saturated carbocycles. The van der Waals surface area contributed by atoms with Crippen molar-refractivity contribution in [2.24, 2.45) is 23.3 Å². The van der Waals surface area contributed by atoms with Crippen molar-refractivity contribution in [3.63, 3.8) is 0 Å². The lowest BCUT2D eigenvalue weighted by Gasteiger charge is -2.26. The Balaban J connectivity index is 5.05. The van der Waals surface area contributed by atoms with Crippen LogP contribution in [0.3, 0.4) is 0 Å². The molecule has 0 saturated heterocycles. The van der Waals surface area contributed by atoms with Crippen LogP contribution in [-0.2, 0) is 19.2 Å². The number of unbranched alkanes of at least 4 members (excludes halogenated alkanes) is 1. The molecule has 0 aromatic rings. The quantitative estimate of drug-likeness (QED) is 0.194. The van der Waals surface area contributed by atoms with E-state index in [1.807, 2.05) is 20.8 Å². The smallest absolute Gasteiger partial charge is 0.326 e. The normalized spacial score (nSPS) is 16.0. The van der Waals surface area contributed by atoms with Gasteiger partial charge in [0.2, 0.25) is 17.7 Å². The molecule has 10 heteroatoms. The second-order valence-corrected chi connectivity index (χ2v) is 8.52. The molecule has 0 heterocycles. The first-order valence-electron chi connectivity index (χ1n) is 11.0. The number of carboxylic acid groups (broad SMARTS) is 1. The molecule has 0 aromatic heterocycles. The highest BCUT2D eigenvalue weighted by atomic mass is 16.4. The molecule has 0 aliphatic rings. The van der Waals surface area contributed by atoms with Gasteiger partial charge in [0.15, 0.2) is 0 Å². The zero-order chi connectivity index (χ0) is 24.1. The number of hydrogen-bond donors (Lipinski definition) is 6. The van der Waals surface area contributed by atoms with Crippen molar-refractivity contribution in [3.8, 4) is 0 Å². The van der Waals surface area contributed by atoms with Crippen molar-refractivity contribution in [1.82, 2.24) is 16.0 Å². The summed E-state index contributed by atoms with van der Waals surface area (Å²) in [4.78, 5) is 49.0. The average molecular weight is 444 g/mol. The Labute approximate surface area is 185 Å². The summed E-state index contributed by atoms with van der Waals surface area (Å²) in [7, 11) is 0. The van der Waals surface area contributed by atoms with Gasteiger partial charge in [-0.2, -0.15) is 0 Å². The van der Waals surface area contributed by atoms with E-state index in [0.717, 1.165) is 6.42 Å². The molecule has 10 nitrogen and oxygen atoms in total. The van der Waals surface area contributed by atoms with Crippen LogP contribution in [-0.4, -0.2) is 59.5 Å². The number of nitrogens with one attached hydrogen (secondary N) is 3. The summed E-state index contributed by atoms with van der Waals surface area (Å²) in [6.45, 7) is 9.38. The third-order valence-electron chi connectivity index (χ3n) is 5.17. The molecule has 0 rings (SSSR count). The lowest BCUT2D eigenvalue weighted by atomic mass is 9.97. The Morgan fingerprint density at radius 3 is 2.00 bits per heavy atom. The first kappa shape index (κ1) is 28.8. The predicted molar refractivity (Wildman–Crippen MR) is 119 cm³/mol. The number of aliphatic carboxylic acids is 1. The van der Waals surface area contributed by atoms with Crippen molar-refractivity contribution in [2.45, 2.75) is 90.9 Å². The molecule has 8 N–H and O–H groups in total. The van der Waals surface area contributed by atoms with Gasteiger partial charge in [-0.1, -0.05) is 40.5 Å². The van der Waals surface area contributed by atoms with E-state index in [1.165, 1.54) is 6.92 Å². The third-order valence-corrected chi connectivity index (χ3v) is 5.17. The maximum atomic E-state index is 12.7. The fourth-order valence-electron chi connectivity index (χ4n) is 2.96. The molecule has 0 aliphatic heterocycles. The molecule has 0 aromatic carbocycles. The van der Waals surface area contributed by atoms with E-state index in [9.17, 15) is 24.3 Å². The summed E-state index contributed by atoms with van der Waals surface area (Å²) in [5.41, 5.74) is 11.3. The predicted octanol–water partition coefficient (Wildman–Crippen LogP) is 0.0938. The SMILES string of the molecule is CCC(C)C(NC(=O)C(CC(C)C)NC(=O)C(C)NC(=O)C(N)CCCCN)C(=O)O. The van der Waals surface area contributed by atoms with Gasteiger partial charge in [-0.15, -0.1) is 0 Å². The number of carboxylic acids is 1. The third kappa shape index (κ3) is 11.1. The van der Waals surface area contributed by atoms with E-state index < -0.39 is 47.9 Å². The Morgan fingerprint density at radius 1 is 0.903 bits per heavy atom. The Hall–Kier alpha value is -2.20. The molecule has 180 valence electrons. The largest absolute Gasteiger partial charge is 0.480 e. The van der Waals surface area contributed by atoms with E-state index in [1.54, 1.807) is 6.92 Å². The summed E-state index contributed by atoms with van der Waals surface area (Å²) in [6.07, 6.45) is 2.83. The lowest BCUT2D eigenvalue weighted by molar-refractivity contribution is -0.144. The van der Waals surface area contributed by atoms with E-state index in [4.69, 9.17) is 11.5 Å². The summed E-state index contributed by atoms with van der Waals surface area (Å²) in [5.74, 6) is -2.88. The van der Waals surface area contributed by atoms with Crippen molar-refractivity contribution >= 4 is 23.7 Å². The van der Waals surface area contributed by atoms with Crippen molar-refractivity contribution < 1.29 is 24.3 Å². The topological polar surface area (TPSA) is 177 Å². The van der Waals surface area contributed by atoms with Crippen LogP contribution in [0.1, 0.15) is 66.7 Å². The maximum absolute atomic E-state index is 12.7. The number of nitrogens with two attached hydrogens (primary N) is 2. The zero-order valence-electron chi connectivity index (χ0n) is 19.4. The first-order valence-corrected chi connectivity index (χ1v) is 11.0. The van der Waals surface area contributed by atoms with Gasteiger partial charge in [0.1, 0.15) is 18.1 Å². The maximum Gasteiger partial charge on any atom is 0.326 e. The van der Waals surface area contributed by atoms with Gasteiger partial charge in [-0.05, 0) is 44.6 Å². The summed E-state index contributed by atoms with van der Waals surface area (Å²) in [6, 6.07) is -3.62. The Kier molecular flexibility index (Phi) is 13.7. The Bertz CT molecular complexity index is 599. The van der Waals surface area contributed by atoms with Gasteiger partial charge in [-0.3, -0.25) is 14.4 Å². The molecular formula is C21H41N5O5. The van der Waals surface area contributed by atoms with Gasteiger partial charge >= 0.3 is 5.97 Å². The van der Waals surface area contributed by atoms with Crippen LogP contribution in [0.2, 0.25) is 0 Å². The average Bonchev–Trinajstić information content (AvgIpc) is 2.69. The highest BCUT2D eigenvalue weighted by Gasteiger charge is 2.31. The van der Waals surface area contributed by atoms with Gasteiger partial charge in [0.05, 0.1) is 6.04 Å². The summed E-state index contributed by atoms with van der Waals surface area (Å²) >= 11 is 0. The molecule has 31 heavy (non-hydrogen) atoms. The second-order valence-electron chi connectivity index (χ2n) is 8.52. The minimum Gasteiger partial charge on any atom is -0.480 e. The van der Waals surface area contributed by atoms with E-state index in [-0.39, 0.29) is 11.8 Å². The van der Waals surface area contributed by atoms with E-state index in [0.29, 0.717) is 32.2 Å². The monoisotopic (exact) mass is 443 g/mol. The van der Waals surface area contributed by atoms with Crippen LogP contribution in [0.25, 0.3) is 0 Å². The van der Waals surface area contributed by atoms with Gasteiger partial charge in [-0.25, -0.2) is 4.79 Å². The minimum atomic E-state index is -1.12. The summed E-state index contributed by atoms with van der Waals surface area (Å²) < 4.78 is 0. The number of carbonyl (C=O) groups is 4. The van der Waals surface area contributed by atoms with Gasteiger partial charge in [0, 0.05) is 0 Å². The summed E-state index contributed by atoms with van der Waals surface area (Å²) in [5, 5.41) is 17.1. The Morgan fingerprint density at radius 2 is 1.52 bits per heavy atom. The van der Waals surface area contributed by atoms with Crippen LogP contribution in [0.4, 0.5) is 0 Å². The van der Waals surface area contributed by atoms with Crippen molar-refractivity contribution in [1.29, 1.82) is 0 Å². The van der Waals surface area contributed by atoms with Crippen LogP contribution in [0.5, 0.6) is 0 Å².